The van der Waals surface area contributed by atoms with Gasteiger partial charge in [-0.1, -0.05) is 0 Å². The van der Waals surface area contributed by atoms with E-state index in [2.05, 4.69) is 25.5 Å². The second-order valence-corrected chi connectivity index (χ2v) is 6.03. The van der Waals surface area contributed by atoms with Gasteiger partial charge in [0, 0.05) is 43.4 Å². The standard InChI is InChI=1S/C20H23N5O2/c1-25(2)16-8-5-14(6-9-16)22-19-11-12-21-20(24-19)23-15-7-10-17(26-3)18(13-15)27-4/h5-13H,1-4H3,(H2,21,22,23,24). The number of methoxy groups -OCH3 is 2. The highest BCUT2D eigenvalue weighted by atomic mass is 16.5. The van der Waals surface area contributed by atoms with Gasteiger partial charge < -0.3 is 25.0 Å². The highest BCUT2D eigenvalue weighted by Gasteiger charge is 2.06. The number of nitrogens with zero attached hydrogens (tertiary/aromatic N) is 3. The maximum absolute atomic E-state index is 5.32. The van der Waals surface area contributed by atoms with Gasteiger partial charge in [-0.05, 0) is 42.5 Å². The van der Waals surface area contributed by atoms with E-state index in [4.69, 9.17) is 9.47 Å². The van der Waals surface area contributed by atoms with Gasteiger partial charge in [-0.3, -0.25) is 0 Å². The van der Waals surface area contributed by atoms with E-state index in [9.17, 15) is 0 Å². The molecule has 0 aliphatic heterocycles. The molecule has 7 heteroatoms. The number of hydrogen-bond donors (Lipinski definition) is 2. The number of ether oxygens (including phenoxy) is 2. The molecule has 3 aromatic rings. The lowest BCUT2D eigenvalue weighted by molar-refractivity contribution is 0.355. The van der Waals surface area contributed by atoms with Crippen molar-refractivity contribution in [2.45, 2.75) is 0 Å². The van der Waals surface area contributed by atoms with Crippen LogP contribution in [0.3, 0.4) is 0 Å². The first kappa shape index (κ1) is 18.3. The molecule has 0 aliphatic carbocycles. The fraction of sp³-hybridized carbons (Fsp3) is 0.200. The summed E-state index contributed by atoms with van der Waals surface area (Å²) in [6, 6.07) is 15.5. The number of hydrogen-bond acceptors (Lipinski definition) is 7. The minimum atomic E-state index is 0.483. The molecule has 140 valence electrons. The van der Waals surface area contributed by atoms with Crippen LogP contribution in [-0.2, 0) is 0 Å². The molecule has 0 saturated heterocycles. The van der Waals surface area contributed by atoms with E-state index < -0.39 is 0 Å². The molecule has 1 aromatic heterocycles. The molecule has 3 rings (SSSR count). The summed E-state index contributed by atoms with van der Waals surface area (Å²) in [6.45, 7) is 0. The average molecular weight is 365 g/mol. The summed E-state index contributed by atoms with van der Waals surface area (Å²) in [4.78, 5) is 10.8. The van der Waals surface area contributed by atoms with Crippen LogP contribution < -0.4 is 25.0 Å². The van der Waals surface area contributed by atoms with Gasteiger partial charge in [0.1, 0.15) is 5.82 Å². The van der Waals surface area contributed by atoms with Crippen LogP contribution in [0.25, 0.3) is 0 Å². The first-order chi connectivity index (χ1) is 13.1. The van der Waals surface area contributed by atoms with E-state index in [0.29, 0.717) is 23.3 Å². The summed E-state index contributed by atoms with van der Waals surface area (Å²) >= 11 is 0. The summed E-state index contributed by atoms with van der Waals surface area (Å²) in [5, 5.41) is 6.46. The van der Waals surface area contributed by atoms with E-state index in [0.717, 1.165) is 17.1 Å². The fourth-order valence-corrected chi connectivity index (χ4v) is 2.52. The molecule has 7 nitrogen and oxygen atoms in total. The number of rotatable bonds is 7. The molecule has 0 fully saturated rings. The minimum Gasteiger partial charge on any atom is -0.493 e. The number of anilines is 5. The Morgan fingerprint density at radius 3 is 2.19 bits per heavy atom. The summed E-state index contributed by atoms with van der Waals surface area (Å²) in [5.74, 6) is 2.49. The van der Waals surface area contributed by atoms with Gasteiger partial charge in [-0.15, -0.1) is 0 Å². The second-order valence-electron chi connectivity index (χ2n) is 6.03. The van der Waals surface area contributed by atoms with Crippen molar-refractivity contribution in [1.82, 2.24) is 9.97 Å². The second kappa shape index (κ2) is 8.27. The van der Waals surface area contributed by atoms with Gasteiger partial charge in [0.2, 0.25) is 5.95 Å². The molecule has 0 amide bonds. The Hall–Kier alpha value is -3.48. The van der Waals surface area contributed by atoms with Crippen LogP contribution in [0.4, 0.5) is 28.8 Å². The number of benzene rings is 2. The molecule has 0 bridgehead atoms. The predicted molar refractivity (Wildman–Crippen MR) is 109 cm³/mol. The Balaban J connectivity index is 1.73. The summed E-state index contributed by atoms with van der Waals surface area (Å²) in [6.07, 6.45) is 1.70. The zero-order chi connectivity index (χ0) is 19.2. The molecule has 27 heavy (non-hydrogen) atoms. The van der Waals surface area contributed by atoms with Crippen molar-refractivity contribution in [3.8, 4) is 11.5 Å². The smallest absolute Gasteiger partial charge is 0.229 e. The van der Waals surface area contributed by atoms with Gasteiger partial charge in [0.05, 0.1) is 14.2 Å². The maximum atomic E-state index is 5.32. The van der Waals surface area contributed by atoms with Gasteiger partial charge in [0.25, 0.3) is 0 Å². The lowest BCUT2D eigenvalue weighted by Gasteiger charge is -2.13. The molecule has 2 N–H and O–H groups in total. The van der Waals surface area contributed by atoms with Crippen molar-refractivity contribution < 1.29 is 9.47 Å². The molecule has 0 atom stereocenters. The van der Waals surface area contributed by atoms with E-state index in [1.165, 1.54) is 0 Å². The Labute approximate surface area is 159 Å². The lowest BCUT2D eigenvalue weighted by atomic mass is 10.2. The third-order valence-corrected chi connectivity index (χ3v) is 3.95. The van der Waals surface area contributed by atoms with Crippen LogP contribution in [0.5, 0.6) is 11.5 Å². The number of nitrogens with one attached hydrogen (secondary N) is 2. The van der Waals surface area contributed by atoms with Gasteiger partial charge in [-0.25, -0.2) is 4.98 Å². The maximum Gasteiger partial charge on any atom is 0.229 e. The molecule has 0 aliphatic rings. The Morgan fingerprint density at radius 1 is 0.815 bits per heavy atom. The summed E-state index contributed by atoms with van der Waals surface area (Å²) < 4.78 is 10.6. The fourth-order valence-electron chi connectivity index (χ4n) is 2.52. The molecule has 0 unspecified atom stereocenters. The normalized spacial score (nSPS) is 10.2. The molecular weight excluding hydrogens is 342 g/mol. The third kappa shape index (κ3) is 4.58. The molecule has 1 heterocycles. The van der Waals surface area contributed by atoms with Gasteiger partial charge >= 0.3 is 0 Å². The van der Waals surface area contributed by atoms with E-state index in [1.807, 2.05) is 62.6 Å². The number of aromatic nitrogens is 2. The van der Waals surface area contributed by atoms with Gasteiger partial charge in [-0.2, -0.15) is 4.98 Å². The quantitative estimate of drug-likeness (QED) is 0.654. The zero-order valence-corrected chi connectivity index (χ0v) is 15.9. The van der Waals surface area contributed by atoms with Gasteiger partial charge in [0.15, 0.2) is 11.5 Å². The van der Waals surface area contributed by atoms with Crippen LogP contribution in [-0.4, -0.2) is 38.3 Å². The van der Waals surface area contributed by atoms with Crippen molar-refractivity contribution in [2.24, 2.45) is 0 Å². The van der Waals surface area contributed by atoms with Crippen LogP contribution in [0.15, 0.2) is 54.7 Å². The summed E-state index contributed by atoms with van der Waals surface area (Å²) in [7, 11) is 7.23. The third-order valence-electron chi connectivity index (χ3n) is 3.95. The Bertz CT molecular complexity index is 897. The van der Waals surface area contributed by atoms with Crippen LogP contribution >= 0.6 is 0 Å². The largest absolute Gasteiger partial charge is 0.493 e. The molecule has 0 spiro atoms. The van der Waals surface area contributed by atoms with E-state index in [-0.39, 0.29) is 0 Å². The van der Waals surface area contributed by atoms with Crippen molar-refractivity contribution in [3.05, 3.63) is 54.7 Å². The first-order valence-electron chi connectivity index (χ1n) is 8.45. The van der Waals surface area contributed by atoms with E-state index >= 15 is 0 Å². The van der Waals surface area contributed by atoms with Crippen molar-refractivity contribution in [2.75, 3.05) is 43.8 Å². The highest BCUT2D eigenvalue weighted by molar-refractivity contribution is 5.63. The molecule has 0 radical (unpaired) electrons. The van der Waals surface area contributed by atoms with Crippen molar-refractivity contribution in [3.63, 3.8) is 0 Å². The van der Waals surface area contributed by atoms with Crippen LogP contribution in [0.2, 0.25) is 0 Å². The highest BCUT2D eigenvalue weighted by Crippen LogP contribution is 2.30. The van der Waals surface area contributed by atoms with E-state index in [1.54, 1.807) is 20.4 Å². The van der Waals surface area contributed by atoms with Crippen LogP contribution in [0.1, 0.15) is 0 Å². The average Bonchev–Trinajstić information content (AvgIpc) is 2.68. The monoisotopic (exact) mass is 365 g/mol. The zero-order valence-electron chi connectivity index (χ0n) is 15.9. The topological polar surface area (TPSA) is 71.5 Å². The molecule has 0 saturated carbocycles. The predicted octanol–water partition coefficient (Wildman–Crippen LogP) is 4.05. The molecule has 2 aromatic carbocycles. The van der Waals surface area contributed by atoms with Crippen LogP contribution in [0, 0.1) is 0 Å². The van der Waals surface area contributed by atoms with Crippen molar-refractivity contribution in [1.29, 1.82) is 0 Å². The first-order valence-corrected chi connectivity index (χ1v) is 8.45. The SMILES string of the molecule is COc1ccc(Nc2nccc(Nc3ccc(N(C)C)cc3)n2)cc1OC. The lowest BCUT2D eigenvalue weighted by Crippen LogP contribution is -2.08. The Kier molecular flexibility index (Phi) is 5.61. The summed E-state index contributed by atoms with van der Waals surface area (Å²) in [5.41, 5.74) is 2.90. The minimum absolute atomic E-state index is 0.483. The molecular formula is C20H23N5O2. The Morgan fingerprint density at radius 2 is 1.52 bits per heavy atom. The van der Waals surface area contributed by atoms with Crippen molar-refractivity contribution >= 4 is 28.8 Å².